The van der Waals surface area contributed by atoms with Gasteiger partial charge in [-0.1, -0.05) is 0 Å². The van der Waals surface area contributed by atoms with E-state index < -0.39 is 0 Å². The minimum Gasteiger partial charge on any atom is -0.361 e. The molecule has 1 heterocycles. The number of nitrogens with zero attached hydrogens (tertiary/aromatic N) is 3. The molecule has 0 aromatic carbocycles. The Morgan fingerprint density at radius 1 is 1.58 bits per heavy atom. The van der Waals surface area contributed by atoms with Gasteiger partial charge < -0.3 is 9.80 Å². The van der Waals surface area contributed by atoms with E-state index in [-0.39, 0.29) is 6.03 Å². The van der Waals surface area contributed by atoms with Crippen LogP contribution in [0.3, 0.4) is 0 Å². The second kappa shape index (κ2) is 3.47. The van der Waals surface area contributed by atoms with Gasteiger partial charge in [0, 0.05) is 33.0 Å². The van der Waals surface area contributed by atoms with Gasteiger partial charge in [0.2, 0.25) is 0 Å². The van der Waals surface area contributed by atoms with Gasteiger partial charge in [-0.3, -0.25) is 4.90 Å². The highest BCUT2D eigenvalue weighted by atomic mass is 16.2. The topological polar surface area (TPSA) is 26.8 Å². The van der Waals surface area contributed by atoms with E-state index in [9.17, 15) is 4.79 Å². The monoisotopic (exact) mass is 169 g/mol. The van der Waals surface area contributed by atoms with Crippen LogP contribution in [0.15, 0.2) is 12.4 Å². The van der Waals surface area contributed by atoms with Crippen LogP contribution >= 0.6 is 0 Å². The summed E-state index contributed by atoms with van der Waals surface area (Å²) in [6.45, 7) is 3.36. The predicted molar refractivity (Wildman–Crippen MR) is 47.3 cm³/mol. The van der Waals surface area contributed by atoms with Crippen LogP contribution in [0.4, 0.5) is 4.79 Å². The van der Waals surface area contributed by atoms with Gasteiger partial charge in [-0.25, -0.2) is 4.79 Å². The Balaban J connectivity index is 2.49. The fraction of sp³-hybridized carbons (Fsp3) is 0.625. The van der Waals surface area contributed by atoms with Gasteiger partial charge in [-0.15, -0.1) is 0 Å². The van der Waals surface area contributed by atoms with E-state index in [2.05, 4.69) is 0 Å². The number of urea groups is 1. The summed E-state index contributed by atoms with van der Waals surface area (Å²) in [7, 11) is 3.74. The first-order valence-electron chi connectivity index (χ1n) is 4.05. The molecule has 0 aromatic heterocycles. The number of carbonyl (C=O) groups excluding carboxylic acids is 1. The van der Waals surface area contributed by atoms with Crippen molar-refractivity contribution in [2.75, 3.05) is 27.3 Å². The average Bonchev–Trinajstić information content (AvgIpc) is 2.49. The molecule has 1 aliphatic rings. The smallest absolute Gasteiger partial charge is 0.325 e. The van der Waals surface area contributed by atoms with Crippen molar-refractivity contribution < 1.29 is 4.79 Å². The van der Waals surface area contributed by atoms with Crippen molar-refractivity contribution in [2.45, 2.75) is 6.92 Å². The summed E-state index contributed by atoms with van der Waals surface area (Å²) < 4.78 is 0. The van der Waals surface area contributed by atoms with E-state index >= 15 is 0 Å². The zero-order valence-electron chi connectivity index (χ0n) is 7.82. The molecule has 0 saturated heterocycles. The van der Waals surface area contributed by atoms with Crippen molar-refractivity contribution in [3.05, 3.63) is 12.4 Å². The van der Waals surface area contributed by atoms with E-state index in [1.54, 1.807) is 23.0 Å². The van der Waals surface area contributed by atoms with Gasteiger partial charge in [0.05, 0.1) is 6.67 Å². The number of carbonyl (C=O) groups is 1. The molecular formula is C8H15N3O. The van der Waals surface area contributed by atoms with Crippen LogP contribution in [0.25, 0.3) is 0 Å². The molecule has 2 amide bonds. The standard InChI is InChI=1S/C8H15N3O/c1-4-10(3)8(12)11-6-5-9(2)7-11/h5-6H,4,7H2,1-3H3. The Bertz CT molecular complexity index is 202. The number of hydrogen-bond donors (Lipinski definition) is 0. The van der Waals surface area contributed by atoms with Gasteiger partial charge in [-0.05, 0) is 6.92 Å². The summed E-state index contributed by atoms with van der Waals surface area (Å²) in [5, 5.41) is 0. The predicted octanol–water partition coefficient (Wildman–Crippen LogP) is 0.734. The molecule has 1 aliphatic heterocycles. The van der Waals surface area contributed by atoms with E-state index in [0.29, 0.717) is 6.67 Å². The molecule has 0 spiro atoms. The Morgan fingerprint density at radius 2 is 2.25 bits per heavy atom. The summed E-state index contributed by atoms with van der Waals surface area (Å²) in [6.07, 6.45) is 3.69. The highest BCUT2D eigenvalue weighted by Crippen LogP contribution is 2.06. The molecule has 4 heteroatoms. The average molecular weight is 169 g/mol. The molecule has 0 aromatic rings. The zero-order chi connectivity index (χ0) is 9.14. The Kier molecular flexibility index (Phi) is 2.58. The lowest BCUT2D eigenvalue weighted by molar-refractivity contribution is 0.175. The second-order valence-corrected chi connectivity index (χ2v) is 2.96. The SMILES string of the molecule is CCN(C)C(=O)N1C=CN(C)C1. The Labute approximate surface area is 73.0 Å². The minimum atomic E-state index is 0.0538. The zero-order valence-corrected chi connectivity index (χ0v) is 7.82. The lowest BCUT2D eigenvalue weighted by Crippen LogP contribution is -2.38. The van der Waals surface area contributed by atoms with Crippen LogP contribution in [-0.2, 0) is 0 Å². The molecule has 0 atom stereocenters. The lowest BCUT2D eigenvalue weighted by atomic mass is 10.6. The summed E-state index contributed by atoms with van der Waals surface area (Å²) in [5.41, 5.74) is 0. The van der Waals surface area contributed by atoms with Crippen molar-refractivity contribution in [1.29, 1.82) is 0 Å². The third kappa shape index (κ3) is 1.69. The molecule has 0 bridgehead atoms. The molecule has 0 unspecified atom stereocenters. The maximum absolute atomic E-state index is 11.5. The van der Waals surface area contributed by atoms with Gasteiger partial charge >= 0.3 is 6.03 Å². The lowest BCUT2D eigenvalue weighted by Gasteiger charge is -2.22. The Morgan fingerprint density at radius 3 is 2.67 bits per heavy atom. The van der Waals surface area contributed by atoms with E-state index in [1.165, 1.54) is 0 Å². The van der Waals surface area contributed by atoms with Crippen molar-refractivity contribution >= 4 is 6.03 Å². The minimum absolute atomic E-state index is 0.0538. The molecule has 4 nitrogen and oxygen atoms in total. The third-order valence-corrected chi connectivity index (χ3v) is 1.92. The fourth-order valence-corrected chi connectivity index (χ4v) is 1.01. The third-order valence-electron chi connectivity index (χ3n) is 1.92. The van der Waals surface area contributed by atoms with Gasteiger partial charge in [-0.2, -0.15) is 0 Å². The number of rotatable bonds is 1. The summed E-state index contributed by atoms with van der Waals surface area (Å²) in [4.78, 5) is 16.8. The summed E-state index contributed by atoms with van der Waals surface area (Å²) in [5.74, 6) is 0. The van der Waals surface area contributed by atoms with Crippen LogP contribution in [-0.4, -0.2) is 48.0 Å². The highest BCUT2D eigenvalue weighted by molar-refractivity contribution is 5.75. The molecular weight excluding hydrogens is 154 g/mol. The van der Waals surface area contributed by atoms with Crippen molar-refractivity contribution in [2.24, 2.45) is 0 Å². The van der Waals surface area contributed by atoms with Gasteiger partial charge in [0.15, 0.2) is 0 Å². The van der Waals surface area contributed by atoms with E-state index in [4.69, 9.17) is 0 Å². The van der Waals surface area contributed by atoms with Crippen molar-refractivity contribution in [3.63, 3.8) is 0 Å². The van der Waals surface area contributed by atoms with Crippen LogP contribution in [0.2, 0.25) is 0 Å². The van der Waals surface area contributed by atoms with Crippen molar-refractivity contribution in [1.82, 2.24) is 14.7 Å². The van der Waals surface area contributed by atoms with Crippen molar-refractivity contribution in [3.8, 4) is 0 Å². The molecule has 0 radical (unpaired) electrons. The summed E-state index contributed by atoms with van der Waals surface area (Å²) in [6, 6.07) is 0.0538. The summed E-state index contributed by atoms with van der Waals surface area (Å²) >= 11 is 0. The molecule has 12 heavy (non-hydrogen) atoms. The number of amides is 2. The van der Waals surface area contributed by atoms with Crippen LogP contribution < -0.4 is 0 Å². The number of hydrogen-bond acceptors (Lipinski definition) is 2. The Hall–Kier alpha value is -1.19. The molecule has 0 saturated carbocycles. The fourth-order valence-electron chi connectivity index (χ4n) is 1.01. The molecule has 1 rings (SSSR count). The first kappa shape index (κ1) is 8.90. The maximum atomic E-state index is 11.5. The van der Waals surface area contributed by atoms with Gasteiger partial charge in [0.25, 0.3) is 0 Å². The quantitative estimate of drug-likeness (QED) is 0.578. The first-order valence-corrected chi connectivity index (χ1v) is 4.05. The largest absolute Gasteiger partial charge is 0.361 e. The second-order valence-electron chi connectivity index (χ2n) is 2.96. The maximum Gasteiger partial charge on any atom is 0.325 e. The first-order chi connectivity index (χ1) is 5.65. The molecule has 0 fully saturated rings. The van der Waals surface area contributed by atoms with E-state index in [1.807, 2.05) is 25.1 Å². The van der Waals surface area contributed by atoms with Crippen LogP contribution in [0, 0.1) is 0 Å². The van der Waals surface area contributed by atoms with Crippen LogP contribution in [0.1, 0.15) is 6.92 Å². The van der Waals surface area contributed by atoms with Gasteiger partial charge in [0.1, 0.15) is 0 Å². The van der Waals surface area contributed by atoms with E-state index in [0.717, 1.165) is 6.54 Å². The molecule has 68 valence electrons. The molecule has 0 N–H and O–H groups in total. The molecule has 0 aliphatic carbocycles. The normalized spacial score (nSPS) is 15.6. The van der Waals surface area contributed by atoms with Crippen LogP contribution in [0.5, 0.6) is 0 Å². The highest BCUT2D eigenvalue weighted by Gasteiger charge is 2.18.